The maximum Gasteiger partial charge on any atom is 0.224 e. The van der Waals surface area contributed by atoms with Crippen molar-refractivity contribution in [3.63, 3.8) is 0 Å². The predicted molar refractivity (Wildman–Crippen MR) is 49.7 cm³/mol. The molecule has 0 radical (unpaired) electrons. The second kappa shape index (κ2) is 2.90. The van der Waals surface area contributed by atoms with Gasteiger partial charge in [-0.25, -0.2) is 0 Å². The van der Waals surface area contributed by atoms with Crippen LogP contribution in [0.25, 0.3) is 0 Å². The summed E-state index contributed by atoms with van der Waals surface area (Å²) >= 11 is 3.97. The summed E-state index contributed by atoms with van der Waals surface area (Å²) in [5.41, 5.74) is 5.29. The number of anilines is 1. The van der Waals surface area contributed by atoms with Crippen molar-refractivity contribution in [3.05, 3.63) is 7.66 Å². The molecular weight excluding hydrogens is 346 g/mol. The van der Waals surface area contributed by atoms with E-state index in [1.165, 1.54) is 0 Å². The zero-order chi connectivity index (χ0) is 6.85. The summed E-state index contributed by atoms with van der Waals surface area (Å²) in [4.78, 5) is 11.4. The second-order valence-corrected chi connectivity index (χ2v) is 3.16. The Bertz CT molecular complexity index is 175. The van der Waals surface area contributed by atoms with Gasteiger partial charge in [-0.3, -0.25) is 0 Å². The minimum Gasteiger partial charge on any atom is -0.368 e. The first kappa shape index (κ1) is 7.38. The van der Waals surface area contributed by atoms with Gasteiger partial charge in [-0.15, -0.1) is 0 Å². The maximum atomic E-state index is 5.29. The van der Waals surface area contributed by atoms with Crippen molar-refractivity contribution in [2.24, 2.45) is 0 Å². The molecule has 0 spiro atoms. The molecule has 1 heterocycles. The van der Waals surface area contributed by atoms with E-state index < -0.39 is 0 Å². The van der Waals surface area contributed by atoms with Crippen molar-refractivity contribution in [2.75, 3.05) is 5.73 Å². The van der Waals surface area contributed by atoms with Gasteiger partial charge >= 0.3 is 0 Å². The van der Waals surface area contributed by atoms with Gasteiger partial charge in [0.1, 0.15) is 0 Å². The van der Waals surface area contributed by atoms with Gasteiger partial charge in [0.2, 0.25) is 5.95 Å². The monoisotopic (exact) mass is 348 g/mol. The van der Waals surface area contributed by atoms with Crippen LogP contribution >= 0.6 is 45.2 Å². The summed E-state index contributed by atoms with van der Waals surface area (Å²) in [5, 5.41) is 0. The van der Waals surface area contributed by atoms with E-state index in [0.29, 0.717) is 7.66 Å². The summed E-state index contributed by atoms with van der Waals surface area (Å²) in [6.07, 6.45) is 0. The molecule has 0 atom stereocenters. The highest BCUT2D eigenvalue weighted by molar-refractivity contribution is 14.1. The van der Waals surface area contributed by atoms with Gasteiger partial charge in [0.15, 0.2) is 7.66 Å². The molecule has 48 valence electrons. The Kier molecular flexibility index (Phi) is 2.38. The van der Waals surface area contributed by atoms with Gasteiger partial charge in [0.05, 0.1) is 0 Å². The fraction of sp³-hybridized carbons (Fsp3) is 0. The van der Waals surface area contributed by atoms with Crippen molar-refractivity contribution < 1.29 is 0 Å². The first-order valence-electron chi connectivity index (χ1n) is 2.01. The third-order valence-corrected chi connectivity index (χ3v) is 1.56. The molecule has 0 aliphatic carbocycles. The Morgan fingerprint density at radius 2 is 1.44 bits per heavy atom. The molecule has 1 aromatic rings. The zero-order valence-corrected chi connectivity index (χ0v) is 8.49. The third kappa shape index (κ3) is 2.16. The SMILES string of the molecule is Nc1nc(I)nc(I)n1. The number of nitrogens with two attached hydrogens (primary N) is 1. The Morgan fingerprint density at radius 3 is 1.78 bits per heavy atom. The van der Waals surface area contributed by atoms with Crippen molar-refractivity contribution in [1.82, 2.24) is 15.0 Å². The molecule has 1 rings (SSSR count). The van der Waals surface area contributed by atoms with Crippen LogP contribution in [-0.2, 0) is 0 Å². The molecule has 6 heteroatoms. The molecule has 0 bridgehead atoms. The Morgan fingerprint density at radius 1 is 1.00 bits per heavy atom. The third-order valence-electron chi connectivity index (χ3n) is 0.598. The average Bonchev–Trinajstić information content (AvgIpc) is 1.59. The lowest BCUT2D eigenvalue weighted by molar-refractivity contribution is 0.982. The topological polar surface area (TPSA) is 64.7 Å². The van der Waals surface area contributed by atoms with Crippen LogP contribution in [0.1, 0.15) is 0 Å². The summed E-state index contributed by atoms with van der Waals surface area (Å²) in [5.74, 6) is 0.277. The van der Waals surface area contributed by atoms with E-state index in [9.17, 15) is 0 Å². The van der Waals surface area contributed by atoms with Gasteiger partial charge in [0.25, 0.3) is 0 Å². The lowest BCUT2D eigenvalue weighted by Crippen LogP contribution is -2.01. The highest BCUT2D eigenvalue weighted by Gasteiger charge is 1.95. The summed E-state index contributed by atoms with van der Waals surface area (Å²) in [6, 6.07) is 0. The van der Waals surface area contributed by atoms with Crippen molar-refractivity contribution >= 4 is 51.1 Å². The number of nitrogen functional groups attached to an aromatic ring is 1. The Hall–Kier alpha value is 0.270. The minimum absolute atomic E-state index is 0.277. The number of hydrogen-bond acceptors (Lipinski definition) is 4. The molecular formula is C3H2I2N4. The number of halogens is 2. The standard InChI is InChI=1S/C3H2I2N4/c4-1-7-2(5)9-3(6)8-1/h(H2,6,7,8,9). The number of rotatable bonds is 0. The molecule has 0 amide bonds. The van der Waals surface area contributed by atoms with Gasteiger partial charge in [-0.2, -0.15) is 15.0 Å². The molecule has 1 aromatic heterocycles. The molecule has 0 saturated heterocycles. The van der Waals surface area contributed by atoms with Crippen molar-refractivity contribution in [3.8, 4) is 0 Å². The van der Waals surface area contributed by atoms with Crippen LogP contribution in [-0.4, -0.2) is 15.0 Å². The lowest BCUT2D eigenvalue weighted by atomic mass is 11.0. The van der Waals surface area contributed by atoms with Crippen LogP contribution in [0.2, 0.25) is 0 Å². The highest BCUT2D eigenvalue weighted by atomic mass is 127. The van der Waals surface area contributed by atoms with Gasteiger partial charge in [-0.1, -0.05) is 0 Å². The lowest BCUT2D eigenvalue weighted by Gasteiger charge is -1.91. The summed E-state index contributed by atoms with van der Waals surface area (Å²) in [6.45, 7) is 0. The molecule has 0 aliphatic rings. The molecule has 0 aromatic carbocycles. The molecule has 9 heavy (non-hydrogen) atoms. The molecule has 0 fully saturated rings. The number of hydrogen-bond donors (Lipinski definition) is 1. The molecule has 4 nitrogen and oxygen atoms in total. The van der Waals surface area contributed by atoms with E-state index in [0.717, 1.165) is 0 Å². The summed E-state index contributed by atoms with van der Waals surface area (Å²) < 4.78 is 1.26. The van der Waals surface area contributed by atoms with Gasteiger partial charge < -0.3 is 5.73 Å². The van der Waals surface area contributed by atoms with Crippen LogP contribution in [0.3, 0.4) is 0 Å². The van der Waals surface area contributed by atoms with Gasteiger partial charge in [-0.05, 0) is 0 Å². The molecule has 0 saturated carbocycles. The van der Waals surface area contributed by atoms with Crippen molar-refractivity contribution in [2.45, 2.75) is 0 Å². The van der Waals surface area contributed by atoms with E-state index in [1.54, 1.807) is 0 Å². The fourth-order valence-corrected chi connectivity index (χ4v) is 1.75. The normalized spacial score (nSPS) is 9.56. The molecule has 0 unspecified atom stereocenters. The first-order chi connectivity index (χ1) is 4.18. The van der Waals surface area contributed by atoms with Crippen LogP contribution < -0.4 is 5.73 Å². The van der Waals surface area contributed by atoms with Crippen LogP contribution in [0.5, 0.6) is 0 Å². The summed E-state index contributed by atoms with van der Waals surface area (Å²) in [7, 11) is 0. The van der Waals surface area contributed by atoms with Crippen LogP contribution in [0, 0.1) is 7.66 Å². The Labute approximate surface area is 79.0 Å². The maximum absolute atomic E-state index is 5.29. The predicted octanol–water partition coefficient (Wildman–Crippen LogP) is 0.663. The fourth-order valence-electron chi connectivity index (χ4n) is 0.340. The minimum atomic E-state index is 0.277. The van der Waals surface area contributed by atoms with E-state index in [1.807, 2.05) is 45.2 Å². The van der Waals surface area contributed by atoms with E-state index >= 15 is 0 Å². The van der Waals surface area contributed by atoms with Crippen LogP contribution in [0.4, 0.5) is 5.95 Å². The molecule has 2 N–H and O–H groups in total. The van der Waals surface area contributed by atoms with E-state index in [-0.39, 0.29) is 5.95 Å². The number of aromatic nitrogens is 3. The van der Waals surface area contributed by atoms with Gasteiger partial charge in [0, 0.05) is 45.2 Å². The quantitative estimate of drug-likeness (QED) is 0.700. The highest BCUT2D eigenvalue weighted by Crippen LogP contribution is 2.01. The van der Waals surface area contributed by atoms with Crippen molar-refractivity contribution in [1.29, 1.82) is 0 Å². The second-order valence-electron chi connectivity index (χ2n) is 1.23. The Balaban J connectivity index is 3.17. The van der Waals surface area contributed by atoms with Crippen LogP contribution in [0.15, 0.2) is 0 Å². The largest absolute Gasteiger partial charge is 0.368 e. The average molecular weight is 348 g/mol. The smallest absolute Gasteiger partial charge is 0.224 e. The van der Waals surface area contributed by atoms with E-state index in [2.05, 4.69) is 15.0 Å². The first-order valence-corrected chi connectivity index (χ1v) is 4.17. The van der Waals surface area contributed by atoms with E-state index in [4.69, 9.17) is 5.73 Å². The molecule has 0 aliphatic heterocycles. The number of nitrogens with zero attached hydrogens (tertiary/aromatic N) is 3. The zero-order valence-electron chi connectivity index (χ0n) is 4.17.